The first-order chi connectivity index (χ1) is 9.45. The Hall–Kier alpha value is -2.01. The minimum absolute atomic E-state index is 0.222. The number of thioether (sulfide) groups is 2. The van der Waals surface area contributed by atoms with Crippen molar-refractivity contribution in [2.75, 3.05) is 0 Å². The lowest BCUT2D eigenvalue weighted by molar-refractivity contribution is -0.110. The highest BCUT2D eigenvalue weighted by atomic mass is 32.2. The zero-order valence-electron chi connectivity index (χ0n) is 10.4. The fourth-order valence-electron chi connectivity index (χ4n) is 1.42. The number of fused-ring (bicyclic) bond motifs is 1. The molecule has 0 spiro atoms. The Bertz CT molecular complexity index is 720. The summed E-state index contributed by atoms with van der Waals surface area (Å²) in [6.07, 6.45) is 0. The Balaban J connectivity index is 2.27. The van der Waals surface area contributed by atoms with Gasteiger partial charge in [0.1, 0.15) is 5.82 Å². The van der Waals surface area contributed by atoms with Gasteiger partial charge in [0.05, 0.1) is 11.4 Å². The van der Waals surface area contributed by atoms with Crippen LogP contribution in [0, 0.1) is 0 Å². The summed E-state index contributed by atoms with van der Waals surface area (Å²) in [6, 6.07) is 1.40. The van der Waals surface area contributed by atoms with E-state index in [1.807, 2.05) is 0 Å². The molecular formula is C9H14N8OS2+2. The Kier molecular flexibility index (Phi) is 4.29. The van der Waals surface area contributed by atoms with Crippen LogP contribution in [0.4, 0.5) is 0 Å². The van der Waals surface area contributed by atoms with Gasteiger partial charge in [-0.15, -0.1) is 0 Å². The lowest BCUT2D eigenvalue weighted by atomic mass is 10.4. The van der Waals surface area contributed by atoms with Crippen LogP contribution in [0.5, 0.6) is 0 Å². The molecule has 9 nitrogen and oxygen atoms in total. The SMILES string of the molecule is NC(=[NH2+])SCc1cc(=O)n2[nH]c(CSC(N)=[NH2+])nc2n1. The van der Waals surface area contributed by atoms with Crippen LogP contribution in [0.1, 0.15) is 11.5 Å². The van der Waals surface area contributed by atoms with E-state index in [9.17, 15) is 4.79 Å². The number of nitrogens with zero attached hydrogens (tertiary/aromatic N) is 3. The Morgan fingerprint density at radius 1 is 1.25 bits per heavy atom. The molecule has 9 N–H and O–H groups in total. The molecule has 0 fully saturated rings. The van der Waals surface area contributed by atoms with Gasteiger partial charge in [0.2, 0.25) is 0 Å². The molecule has 0 aliphatic rings. The van der Waals surface area contributed by atoms with Gasteiger partial charge < -0.3 is 0 Å². The molecule has 2 rings (SSSR count). The molecule has 0 saturated carbocycles. The molecular weight excluding hydrogens is 300 g/mol. The topological polar surface area (TPSA) is 166 Å². The van der Waals surface area contributed by atoms with Crippen LogP contribution < -0.4 is 27.8 Å². The van der Waals surface area contributed by atoms with Crippen molar-refractivity contribution in [3.05, 3.63) is 27.9 Å². The molecule has 2 heterocycles. The quantitative estimate of drug-likeness (QED) is 0.283. The number of nitrogens with two attached hydrogens (primary N) is 4. The van der Waals surface area contributed by atoms with E-state index in [2.05, 4.69) is 15.1 Å². The Labute approximate surface area is 121 Å². The van der Waals surface area contributed by atoms with Gasteiger partial charge in [-0.05, 0) is 23.5 Å². The molecule has 11 heteroatoms. The average Bonchev–Trinajstić information content (AvgIpc) is 2.77. The van der Waals surface area contributed by atoms with Crippen molar-refractivity contribution in [1.82, 2.24) is 19.6 Å². The van der Waals surface area contributed by atoms with Gasteiger partial charge in [-0.1, -0.05) is 0 Å². The Morgan fingerprint density at radius 2 is 1.90 bits per heavy atom. The van der Waals surface area contributed by atoms with E-state index < -0.39 is 0 Å². The summed E-state index contributed by atoms with van der Waals surface area (Å²) in [5, 5.41) is 14.0. The normalized spacial score (nSPS) is 10.8. The van der Waals surface area contributed by atoms with Crippen LogP contribution >= 0.6 is 23.5 Å². The van der Waals surface area contributed by atoms with E-state index in [0.717, 1.165) is 0 Å². The maximum Gasteiger partial charge on any atom is 0.300 e. The molecule has 2 aromatic rings. The minimum Gasteiger partial charge on any atom is -0.282 e. The molecule has 0 bridgehead atoms. The monoisotopic (exact) mass is 314 g/mol. The lowest BCUT2D eigenvalue weighted by Crippen LogP contribution is -2.43. The van der Waals surface area contributed by atoms with Crippen LogP contribution in [0.15, 0.2) is 10.9 Å². The standard InChI is InChI=1S/C9H12N8OS2/c10-7(11)19-2-4-1-6(18)17-9(14-4)15-5(16-17)3-20-8(12)13/h1H,2-3H2,(H3,10,11)(H3,12,13)(H,14,15,16)/p+2. The van der Waals surface area contributed by atoms with Crippen molar-refractivity contribution < 1.29 is 10.8 Å². The molecule has 0 amide bonds. The molecule has 0 aliphatic carbocycles. The van der Waals surface area contributed by atoms with Gasteiger partial charge in [-0.2, -0.15) is 9.50 Å². The van der Waals surface area contributed by atoms with E-state index >= 15 is 0 Å². The smallest absolute Gasteiger partial charge is 0.282 e. The number of aromatic amines is 1. The minimum atomic E-state index is -0.255. The molecule has 20 heavy (non-hydrogen) atoms. The summed E-state index contributed by atoms with van der Waals surface area (Å²) in [6.45, 7) is 0. The summed E-state index contributed by atoms with van der Waals surface area (Å²) in [5.74, 6) is 1.69. The Morgan fingerprint density at radius 3 is 2.55 bits per heavy atom. The van der Waals surface area contributed by atoms with Crippen molar-refractivity contribution in [2.24, 2.45) is 11.5 Å². The predicted molar refractivity (Wildman–Crippen MR) is 78.4 cm³/mol. The number of amidine groups is 2. The van der Waals surface area contributed by atoms with Gasteiger partial charge in [0, 0.05) is 11.8 Å². The van der Waals surface area contributed by atoms with E-state index in [1.165, 1.54) is 34.1 Å². The fourth-order valence-corrected chi connectivity index (χ4v) is 2.31. The van der Waals surface area contributed by atoms with Crippen LogP contribution in [-0.2, 0) is 11.5 Å². The van der Waals surface area contributed by atoms with Crippen LogP contribution in [0.2, 0.25) is 0 Å². The third-order valence-corrected chi connectivity index (χ3v) is 3.72. The highest BCUT2D eigenvalue weighted by Gasteiger charge is 2.10. The maximum atomic E-state index is 11.9. The number of aromatic nitrogens is 4. The molecule has 2 aromatic heterocycles. The lowest BCUT2D eigenvalue weighted by Gasteiger charge is -1.96. The van der Waals surface area contributed by atoms with Crippen LogP contribution in [-0.4, -0.2) is 29.9 Å². The largest absolute Gasteiger partial charge is 0.300 e. The molecule has 106 valence electrons. The zero-order valence-corrected chi connectivity index (χ0v) is 12.0. The van der Waals surface area contributed by atoms with Crippen molar-refractivity contribution in [3.63, 3.8) is 0 Å². The van der Waals surface area contributed by atoms with Crippen molar-refractivity contribution in [1.29, 1.82) is 0 Å². The van der Waals surface area contributed by atoms with E-state index in [0.29, 0.717) is 23.0 Å². The molecule has 0 aliphatic heterocycles. The number of rotatable bonds is 4. The fraction of sp³-hybridized carbons (Fsp3) is 0.222. The average molecular weight is 314 g/mol. The summed E-state index contributed by atoms with van der Waals surface area (Å²) in [7, 11) is 0. The van der Waals surface area contributed by atoms with Crippen LogP contribution in [0.25, 0.3) is 5.78 Å². The number of hydrogen-bond acceptors (Lipinski definition) is 5. The molecule has 0 radical (unpaired) electrons. The van der Waals surface area contributed by atoms with Crippen molar-refractivity contribution in [3.8, 4) is 0 Å². The predicted octanol–water partition coefficient (Wildman–Crippen LogP) is -3.97. The second kappa shape index (κ2) is 5.96. The number of H-pyrrole nitrogens is 1. The first-order valence-electron chi connectivity index (χ1n) is 5.44. The maximum absolute atomic E-state index is 11.9. The van der Waals surface area contributed by atoms with Gasteiger partial charge >= 0.3 is 0 Å². The highest BCUT2D eigenvalue weighted by molar-refractivity contribution is 8.13. The van der Waals surface area contributed by atoms with Gasteiger partial charge in [0.25, 0.3) is 21.7 Å². The second-order valence-electron chi connectivity index (χ2n) is 3.77. The molecule has 0 aromatic carbocycles. The summed E-state index contributed by atoms with van der Waals surface area (Å²) >= 11 is 2.42. The van der Waals surface area contributed by atoms with E-state index in [4.69, 9.17) is 22.3 Å². The molecule has 0 atom stereocenters. The first-order valence-corrected chi connectivity index (χ1v) is 7.42. The van der Waals surface area contributed by atoms with Gasteiger partial charge in [-0.3, -0.25) is 32.2 Å². The number of hydrogen-bond donors (Lipinski definition) is 5. The third kappa shape index (κ3) is 3.51. The van der Waals surface area contributed by atoms with Crippen molar-refractivity contribution in [2.45, 2.75) is 11.5 Å². The van der Waals surface area contributed by atoms with Crippen molar-refractivity contribution >= 4 is 39.6 Å². The van der Waals surface area contributed by atoms with E-state index in [1.54, 1.807) is 0 Å². The zero-order chi connectivity index (χ0) is 14.7. The van der Waals surface area contributed by atoms with Gasteiger partial charge in [0.15, 0.2) is 0 Å². The summed E-state index contributed by atoms with van der Waals surface area (Å²) in [4.78, 5) is 20.4. The molecule has 0 saturated heterocycles. The third-order valence-electron chi connectivity index (χ3n) is 2.19. The second-order valence-corrected chi connectivity index (χ2v) is 5.87. The highest BCUT2D eigenvalue weighted by Crippen LogP contribution is 2.09. The molecule has 0 unspecified atom stereocenters. The first kappa shape index (κ1) is 14.4. The van der Waals surface area contributed by atoms with E-state index in [-0.39, 0.29) is 21.7 Å². The van der Waals surface area contributed by atoms with Gasteiger partial charge in [-0.25, -0.2) is 4.98 Å². The van der Waals surface area contributed by atoms with Crippen LogP contribution in [0.3, 0.4) is 0 Å². The summed E-state index contributed by atoms with van der Waals surface area (Å²) in [5.41, 5.74) is 11.0. The number of nitrogens with one attached hydrogen (secondary N) is 1. The summed E-state index contributed by atoms with van der Waals surface area (Å²) < 4.78 is 1.26.